The number of benzene rings is 1. The van der Waals surface area contributed by atoms with Crippen LogP contribution in [0.5, 0.6) is 0 Å². The fourth-order valence-corrected chi connectivity index (χ4v) is 5.28. The SMILES string of the molecule is CC1=C[C@H]2[C@@H]3C(=O)NC(=O)[C@@H]3[C@H](C(=O)c3cccs3)N2c2ccccc21. The molecule has 3 aliphatic rings. The Labute approximate surface area is 154 Å². The monoisotopic (exact) mass is 364 g/mol. The zero-order valence-electron chi connectivity index (χ0n) is 14.0. The van der Waals surface area contributed by atoms with Crippen molar-refractivity contribution in [3.63, 3.8) is 0 Å². The second-order valence-electron chi connectivity index (χ2n) is 6.96. The van der Waals surface area contributed by atoms with Crippen LogP contribution in [0.25, 0.3) is 5.57 Å². The van der Waals surface area contributed by atoms with Crippen molar-refractivity contribution in [2.24, 2.45) is 11.8 Å². The number of hydrogen-bond acceptors (Lipinski definition) is 5. The molecule has 2 fully saturated rings. The van der Waals surface area contributed by atoms with Gasteiger partial charge in [0.25, 0.3) is 0 Å². The average molecular weight is 364 g/mol. The van der Waals surface area contributed by atoms with Crippen molar-refractivity contribution >= 4 is 40.2 Å². The van der Waals surface area contributed by atoms with Gasteiger partial charge < -0.3 is 4.90 Å². The molecule has 6 heteroatoms. The van der Waals surface area contributed by atoms with Crippen LogP contribution in [0.4, 0.5) is 5.69 Å². The number of rotatable bonds is 2. The minimum Gasteiger partial charge on any atom is -0.352 e. The van der Waals surface area contributed by atoms with E-state index in [-0.39, 0.29) is 23.6 Å². The molecule has 4 heterocycles. The molecule has 5 rings (SSSR count). The van der Waals surface area contributed by atoms with Gasteiger partial charge in [0.05, 0.1) is 22.8 Å². The molecule has 0 aliphatic carbocycles. The van der Waals surface area contributed by atoms with Gasteiger partial charge in [-0.3, -0.25) is 19.7 Å². The molecule has 0 unspecified atom stereocenters. The molecular formula is C20H16N2O3S. The van der Waals surface area contributed by atoms with E-state index < -0.39 is 17.9 Å². The lowest BCUT2D eigenvalue weighted by molar-refractivity contribution is -0.126. The fourth-order valence-electron chi connectivity index (χ4n) is 4.58. The number of hydrogen-bond donors (Lipinski definition) is 1. The van der Waals surface area contributed by atoms with Crippen molar-refractivity contribution in [1.29, 1.82) is 0 Å². The van der Waals surface area contributed by atoms with E-state index in [1.54, 1.807) is 6.07 Å². The van der Waals surface area contributed by atoms with Crippen LogP contribution >= 0.6 is 11.3 Å². The van der Waals surface area contributed by atoms with E-state index in [9.17, 15) is 14.4 Å². The molecule has 5 nitrogen and oxygen atoms in total. The van der Waals surface area contributed by atoms with Crippen LogP contribution < -0.4 is 10.2 Å². The van der Waals surface area contributed by atoms with Crippen LogP contribution in [-0.2, 0) is 9.59 Å². The van der Waals surface area contributed by atoms with Gasteiger partial charge in [-0.15, -0.1) is 11.3 Å². The molecule has 4 atom stereocenters. The Morgan fingerprint density at radius 2 is 1.85 bits per heavy atom. The van der Waals surface area contributed by atoms with Crippen LogP contribution in [0.2, 0.25) is 0 Å². The van der Waals surface area contributed by atoms with Crippen LogP contribution in [0.15, 0.2) is 47.9 Å². The maximum Gasteiger partial charge on any atom is 0.233 e. The highest BCUT2D eigenvalue weighted by Crippen LogP contribution is 2.48. The summed E-state index contributed by atoms with van der Waals surface area (Å²) in [6.45, 7) is 2.01. The molecule has 0 radical (unpaired) electrons. The zero-order valence-corrected chi connectivity index (χ0v) is 14.8. The number of Topliss-reactive ketones (excluding diaryl/α,β-unsaturated/α-hetero) is 1. The topological polar surface area (TPSA) is 66.5 Å². The summed E-state index contributed by atoms with van der Waals surface area (Å²) in [5, 5.41) is 4.29. The number of allylic oxidation sites excluding steroid dienone is 1. The van der Waals surface area contributed by atoms with E-state index in [1.165, 1.54) is 11.3 Å². The summed E-state index contributed by atoms with van der Waals surface area (Å²) in [5.74, 6) is -1.89. The van der Waals surface area contributed by atoms with Crippen LogP contribution in [0.1, 0.15) is 22.2 Å². The number of carbonyl (C=O) groups excluding carboxylic acids is 3. The van der Waals surface area contributed by atoms with Crippen molar-refractivity contribution in [3.05, 3.63) is 58.3 Å². The number of nitrogens with one attached hydrogen (secondary N) is 1. The van der Waals surface area contributed by atoms with E-state index in [1.807, 2.05) is 53.6 Å². The lowest BCUT2D eigenvalue weighted by Crippen LogP contribution is -2.48. The molecule has 26 heavy (non-hydrogen) atoms. The largest absolute Gasteiger partial charge is 0.352 e. The number of para-hydroxylation sites is 1. The summed E-state index contributed by atoms with van der Waals surface area (Å²) >= 11 is 1.37. The van der Waals surface area contributed by atoms with Crippen molar-refractivity contribution in [3.8, 4) is 0 Å². The third-order valence-electron chi connectivity index (χ3n) is 5.63. The third-order valence-corrected chi connectivity index (χ3v) is 6.51. The standard InChI is InChI=1S/C20H16N2O3S/c1-10-9-13-15-16(20(25)21-19(15)24)17(18(23)14-7-4-8-26-14)22(13)12-6-3-2-5-11(10)12/h2-9,13,15-17H,1H3,(H,21,24,25)/t13-,15-,16-,17+/m0/s1. The maximum atomic E-state index is 13.3. The van der Waals surface area contributed by atoms with Gasteiger partial charge in [-0.1, -0.05) is 30.3 Å². The van der Waals surface area contributed by atoms with Gasteiger partial charge >= 0.3 is 0 Å². The quantitative estimate of drug-likeness (QED) is 0.657. The minimum absolute atomic E-state index is 0.0925. The van der Waals surface area contributed by atoms with E-state index in [0.29, 0.717) is 4.88 Å². The third kappa shape index (κ3) is 1.93. The summed E-state index contributed by atoms with van der Waals surface area (Å²) in [5.41, 5.74) is 3.03. The molecule has 1 aromatic carbocycles. The van der Waals surface area contributed by atoms with E-state index in [4.69, 9.17) is 0 Å². The summed E-state index contributed by atoms with van der Waals surface area (Å²) < 4.78 is 0. The van der Waals surface area contributed by atoms with Crippen molar-refractivity contribution in [2.75, 3.05) is 4.90 Å². The van der Waals surface area contributed by atoms with Crippen molar-refractivity contribution in [1.82, 2.24) is 5.32 Å². The first-order valence-corrected chi connectivity index (χ1v) is 9.44. The summed E-state index contributed by atoms with van der Waals surface area (Å²) in [6.07, 6.45) is 2.03. The maximum absolute atomic E-state index is 13.3. The van der Waals surface area contributed by atoms with Gasteiger partial charge in [-0.2, -0.15) is 0 Å². The zero-order chi connectivity index (χ0) is 18.0. The molecule has 1 N–H and O–H groups in total. The molecule has 3 aliphatic heterocycles. The van der Waals surface area contributed by atoms with Gasteiger partial charge in [0, 0.05) is 11.3 Å². The fraction of sp³-hybridized carbons (Fsp3) is 0.250. The number of amides is 2. The molecule has 0 bridgehead atoms. The molecule has 2 amide bonds. The number of nitrogens with zero attached hydrogens (tertiary/aromatic N) is 1. The number of ketones is 1. The second kappa shape index (κ2) is 5.38. The molecular weight excluding hydrogens is 348 g/mol. The predicted molar refractivity (Wildman–Crippen MR) is 98.9 cm³/mol. The Balaban J connectivity index is 1.71. The smallest absolute Gasteiger partial charge is 0.233 e. The number of carbonyl (C=O) groups is 3. The molecule has 0 spiro atoms. The molecule has 0 saturated carbocycles. The summed E-state index contributed by atoms with van der Waals surface area (Å²) in [4.78, 5) is 41.0. The molecule has 2 aromatic rings. The number of fused-ring (bicyclic) bond motifs is 5. The van der Waals surface area contributed by atoms with Crippen LogP contribution in [-0.4, -0.2) is 29.7 Å². The highest BCUT2D eigenvalue weighted by molar-refractivity contribution is 7.12. The number of anilines is 1. The van der Waals surface area contributed by atoms with E-state index in [0.717, 1.165) is 16.8 Å². The van der Waals surface area contributed by atoms with Crippen LogP contribution in [0, 0.1) is 11.8 Å². The lowest BCUT2D eigenvalue weighted by Gasteiger charge is -2.37. The average Bonchev–Trinajstić information content (AvgIpc) is 3.33. The van der Waals surface area contributed by atoms with Gasteiger partial charge in [0.15, 0.2) is 5.78 Å². The lowest BCUT2D eigenvalue weighted by atomic mass is 9.86. The Morgan fingerprint density at radius 3 is 2.62 bits per heavy atom. The van der Waals surface area contributed by atoms with Crippen molar-refractivity contribution < 1.29 is 14.4 Å². The second-order valence-corrected chi connectivity index (χ2v) is 7.90. The van der Waals surface area contributed by atoms with E-state index in [2.05, 4.69) is 5.32 Å². The highest BCUT2D eigenvalue weighted by Gasteiger charge is 2.61. The summed E-state index contributed by atoms with van der Waals surface area (Å²) in [6, 6.07) is 10.5. The molecule has 2 saturated heterocycles. The Kier molecular flexibility index (Phi) is 3.21. The van der Waals surface area contributed by atoms with Gasteiger partial charge in [0.2, 0.25) is 11.8 Å². The molecule has 1 aromatic heterocycles. The van der Waals surface area contributed by atoms with Crippen molar-refractivity contribution in [2.45, 2.75) is 19.0 Å². The first kappa shape index (κ1) is 15.5. The van der Waals surface area contributed by atoms with Gasteiger partial charge in [-0.05, 0) is 30.0 Å². The first-order valence-electron chi connectivity index (χ1n) is 8.56. The minimum atomic E-state index is -0.666. The number of imide groups is 1. The van der Waals surface area contributed by atoms with Gasteiger partial charge in [-0.25, -0.2) is 0 Å². The van der Waals surface area contributed by atoms with Crippen LogP contribution in [0.3, 0.4) is 0 Å². The Bertz CT molecular complexity index is 979. The van der Waals surface area contributed by atoms with Gasteiger partial charge in [0.1, 0.15) is 6.04 Å². The van der Waals surface area contributed by atoms with E-state index >= 15 is 0 Å². The predicted octanol–water partition coefficient (Wildman–Crippen LogP) is 2.49. The first-order chi connectivity index (χ1) is 12.6. The highest BCUT2D eigenvalue weighted by atomic mass is 32.1. The Morgan fingerprint density at radius 1 is 1.08 bits per heavy atom. The number of thiophene rings is 1. The summed E-state index contributed by atoms with van der Waals surface area (Å²) in [7, 11) is 0. The Hall–Kier alpha value is -2.73. The molecule has 130 valence electrons. The normalized spacial score (nSPS) is 29.0.